The summed E-state index contributed by atoms with van der Waals surface area (Å²) in [5.41, 5.74) is 0.758. The van der Waals surface area contributed by atoms with E-state index in [4.69, 9.17) is 0 Å². The predicted octanol–water partition coefficient (Wildman–Crippen LogP) is 4.27. The van der Waals surface area contributed by atoms with Crippen molar-refractivity contribution in [1.82, 2.24) is 0 Å². The molecule has 2 aromatic carbocycles. The van der Waals surface area contributed by atoms with E-state index in [1.807, 2.05) is 0 Å². The Hall–Kier alpha value is -1.74. The van der Waals surface area contributed by atoms with Gasteiger partial charge in [-0.1, -0.05) is 30.3 Å². The molecule has 0 spiro atoms. The van der Waals surface area contributed by atoms with Gasteiger partial charge in [0.25, 0.3) is 0 Å². The van der Waals surface area contributed by atoms with Crippen LogP contribution >= 0.6 is 0 Å². The smallest absolute Gasteiger partial charge is 0.299 e. The summed E-state index contributed by atoms with van der Waals surface area (Å²) >= 11 is 0. The Balaban J connectivity index is 2.27. The van der Waals surface area contributed by atoms with E-state index in [2.05, 4.69) is 18.9 Å². The van der Waals surface area contributed by atoms with Crippen LogP contribution < -0.4 is 0 Å². The van der Waals surface area contributed by atoms with Crippen LogP contribution in [0.25, 0.3) is 10.8 Å². The molecule has 24 heavy (non-hydrogen) atoms. The van der Waals surface area contributed by atoms with E-state index in [0.29, 0.717) is 21.9 Å². The maximum Gasteiger partial charge on any atom is 0.485 e. The molecular formula is C16H16F4O4. The summed E-state index contributed by atoms with van der Waals surface area (Å²) in [4.78, 5) is 0. The van der Waals surface area contributed by atoms with Crippen molar-refractivity contribution in [3.05, 3.63) is 47.5 Å². The number of methoxy groups -OCH3 is 2. The summed E-state index contributed by atoms with van der Waals surface area (Å²) < 4.78 is 68.8. The average molecular weight is 348 g/mol. The van der Waals surface area contributed by atoms with E-state index >= 15 is 0 Å². The van der Waals surface area contributed by atoms with Gasteiger partial charge in [-0.3, -0.25) is 18.9 Å². The highest BCUT2D eigenvalue weighted by Gasteiger charge is 2.31. The number of rotatable bonds is 8. The molecule has 2 aromatic rings. The lowest BCUT2D eigenvalue weighted by molar-refractivity contribution is -0.387. The summed E-state index contributed by atoms with van der Waals surface area (Å²) in [7, 11) is 1.63. The molecule has 0 amide bonds. The SMILES string of the molecule is COC(F)(F)OCc1cc(COC(F)(F)OC)c2ccccc2c1. The van der Waals surface area contributed by atoms with Gasteiger partial charge in [0.15, 0.2) is 0 Å². The highest BCUT2D eigenvalue weighted by atomic mass is 19.3. The summed E-state index contributed by atoms with van der Waals surface area (Å²) in [6.45, 7) is -0.921. The second kappa shape index (κ2) is 7.43. The molecule has 0 bridgehead atoms. The number of fused-ring (bicyclic) bond motifs is 1. The molecule has 0 fully saturated rings. The molecule has 0 radical (unpaired) electrons. The molecule has 0 saturated carbocycles. The van der Waals surface area contributed by atoms with Crippen LogP contribution in [0.4, 0.5) is 17.6 Å². The zero-order chi connectivity index (χ0) is 17.8. The third-order valence-electron chi connectivity index (χ3n) is 3.29. The van der Waals surface area contributed by atoms with Crippen molar-refractivity contribution in [3.63, 3.8) is 0 Å². The number of benzene rings is 2. The minimum atomic E-state index is -3.74. The normalized spacial score (nSPS) is 12.8. The van der Waals surface area contributed by atoms with Crippen LogP contribution in [-0.4, -0.2) is 26.8 Å². The third kappa shape index (κ3) is 4.88. The van der Waals surface area contributed by atoms with Crippen molar-refractivity contribution >= 4 is 10.8 Å². The summed E-state index contributed by atoms with van der Waals surface area (Å²) in [6.07, 6.45) is -7.47. The summed E-state index contributed by atoms with van der Waals surface area (Å²) in [5.74, 6) is 0. The fraction of sp³-hybridized carbons (Fsp3) is 0.375. The van der Waals surface area contributed by atoms with E-state index in [-0.39, 0.29) is 0 Å². The molecule has 8 heteroatoms. The number of hydrogen-bond acceptors (Lipinski definition) is 4. The Morgan fingerprint density at radius 2 is 1.42 bits per heavy atom. The van der Waals surface area contributed by atoms with Gasteiger partial charge in [0.2, 0.25) is 0 Å². The number of halogens is 4. The molecule has 0 aliphatic heterocycles. The van der Waals surface area contributed by atoms with E-state index in [9.17, 15) is 17.6 Å². The first-order chi connectivity index (χ1) is 11.3. The van der Waals surface area contributed by atoms with Gasteiger partial charge in [0.1, 0.15) is 0 Å². The van der Waals surface area contributed by atoms with Crippen molar-refractivity contribution in [2.24, 2.45) is 0 Å². The molecule has 0 aliphatic rings. The van der Waals surface area contributed by atoms with Crippen LogP contribution in [0.3, 0.4) is 0 Å². The van der Waals surface area contributed by atoms with Gasteiger partial charge < -0.3 is 0 Å². The molecule has 4 nitrogen and oxygen atoms in total. The van der Waals surface area contributed by atoms with Gasteiger partial charge in [0.05, 0.1) is 13.2 Å². The zero-order valence-corrected chi connectivity index (χ0v) is 13.0. The second-order valence-corrected chi connectivity index (χ2v) is 4.89. The number of hydrogen-bond donors (Lipinski definition) is 0. The molecule has 0 N–H and O–H groups in total. The second-order valence-electron chi connectivity index (χ2n) is 4.89. The minimum absolute atomic E-state index is 0.366. The lowest BCUT2D eigenvalue weighted by Gasteiger charge is -2.17. The largest absolute Gasteiger partial charge is 0.485 e. The first-order valence-corrected chi connectivity index (χ1v) is 6.91. The first-order valence-electron chi connectivity index (χ1n) is 6.91. The number of ether oxygens (including phenoxy) is 4. The van der Waals surface area contributed by atoms with Crippen molar-refractivity contribution in [1.29, 1.82) is 0 Å². The van der Waals surface area contributed by atoms with Crippen molar-refractivity contribution < 1.29 is 36.5 Å². The van der Waals surface area contributed by atoms with Crippen LogP contribution in [0, 0.1) is 0 Å². The van der Waals surface area contributed by atoms with E-state index in [1.54, 1.807) is 30.3 Å². The molecule has 2 rings (SSSR count). The Labute approximate surface area is 135 Å². The fourth-order valence-electron chi connectivity index (χ4n) is 2.11. The van der Waals surface area contributed by atoms with Gasteiger partial charge in [-0.2, -0.15) is 0 Å². The maximum absolute atomic E-state index is 13.1. The topological polar surface area (TPSA) is 36.9 Å². The Morgan fingerprint density at radius 3 is 2.04 bits per heavy atom. The number of alkyl halides is 4. The molecule has 0 aliphatic carbocycles. The van der Waals surface area contributed by atoms with E-state index in [1.165, 1.54) is 6.07 Å². The van der Waals surface area contributed by atoms with Crippen molar-refractivity contribution in [2.45, 2.75) is 25.8 Å². The Bertz CT molecular complexity index is 691. The van der Waals surface area contributed by atoms with E-state index in [0.717, 1.165) is 14.2 Å². The predicted molar refractivity (Wildman–Crippen MR) is 77.4 cm³/mol. The lowest BCUT2D eigenvalue weighted by atomic mass is 10.0. The molecular weight excluding hydrogens is 332 g/mol. The summed E-state index contributed by atoms with van der Waals surface area (Å²) in [6, 6.07) is 10.00. The van der Waals surface area contributed by atoms with Crippen LogP contribution in [-0.2, 0) is 32.2 Å². The zero-order valence-electron chi connectivity index (χ0n) is 13.0. The van der Waals surface area contributed by atoms with Crippen LogP contribution in [0.1, 0.15) is 11.1 Å². The van der Waals surface area contributed by atoms with E-state index < -0.39 is 25.8 Å². The highest BCUT2D eigenvalue weighted by molar-refractivity contribution is 5.86. The third-order valence-corrected chi connectivity index (χ3v) is 3.29. The van der Waals surface area contributed by atoms with Crippen molar-refractivity contribution in [2.75, 3.05) is 14.2 Å². The van der Waals surface area contributed by atoms with Gasteiger partial charge in [-0.15, -0.1) is 17.6 Å². The standard InChI is InChI=1S/C16H16F4O4/c1-21-15(17,18)23-9-11-7-12-5-3-4-6-14(12)13(8-11)10-24-16(19,20)22-2/h3-8H,9-10H2,1-2H3. The molecule has 0 atom stereocenters. The molecule has 0 unspecified atom stereocenters. The molecule has 132 valence electrons. The van der Waals surface area contributed by atoms with Crippen molar-refractivity contribution in [3.8, 4) is 0 Å². The molecule has 0 heterocycles. The molecule has 0 aromatic heterocycles. The van der Waals surface area contributed by atoms with Crippen LogP contribution in [0.2, 0.25) is 0 Å². The monoisotopic (exact) mass is 348 g/mol. The minimum Gasteiger partial charge on any atom is -0.299 e. The van der Waals surface area contributed by atoms with Gasteiger partial charge >= 0.3 is 12.6 Å². The Kier molecular flexibility index (Phi) is 5.76. The van der Waals surface area contributed by atoms with Crippen LogP contribution in [0.5, 0.6) is 0 Å². The fourth-order valence-corrected chi connectivity index (χ4v) is 2.11. The van der Waals surface area contributed by atoms with Crippen LogP contribution in [0.15, 0.2) is 36.4 Å². The first kappa shape index (κ1) is 18.6. The van der Waals surface area contributed by atoms with Gasteiger partial charge in [-0.25, -0.2) is 0 Å². The van der Waals surface area contributed by atoms with Gasteiger partial charge in [-0.05, 0) is 28.0 Å². The summed E-state index contributed by atoms with van der Waals surface area (Å²) in [5, 5.41) is 1.34. The van der Waals surface area contributed by atoms with Gasteiger partial charge in [0, 0.05) is 14.2 Å². The quantitative estimate of drug-likeness (QED) is 0.527. The maximum atomic E-state index is 13.1. The highest BCUT2D eigenvalue weighted by Crippen LogP contribution is 2.26. The Morgan fingerprint density at radius 1 is 0.833 bits per heavy atom. The molecule has 0 saturated heterocycles. The lowest BCUT2D eigenvalue weighted by Crippen LogP contribution is -2.23. The average Bonchev–Trinajstić information content (AvgIpc) is 2.58.